The second-order valence-corrected chi connectivity index (χ2v) is 15.8. The van der Waals surface area contributed by atoms with E-state index in [-0.39, 0.29) is 12.3 Å². The van der Waals surface area contributed by atoms with Gasteiger partial charge in [-0.25, -0.2) is 4.99 Å². The van der Waals surface area contributed by atoms with Crippen molar-refractivity contribution in [3.05, 3.63) is 199 Å². The number of rotatable bonds is 5. The number of para-hydroxylation sites is 3. The zero-order valence-corrected chi connectivity index (χ0v) is 31.5. The van der Waals surface area contributed by atoms with Crippen LogP contribution in [0, 0.1) is 0 Å². The summed E-state index contributed by atoms with van der Waals surface area (Å²) in [5, 5.41) is 14.7. The molecule has 6 heteroatoms. The van der Waals surface area contributed by atoms with Gasteiger partial charge in [0.05, 0.1) is 16.7 Å². The predicted molar refractivity (Wildman–Crippen MR) is 238 cm³/mol. The number of thiophene rings is 1. The molecule has 11 aromatic rings. The molecule has 0 amide bonds. The van der Waals surface area contributed by atoms with E-state index >= 15 is 0 Å². The molecule has 1 aliphatic heterocycles. The third kappa shape index (κ3) is 5.01. The molecule has 2 atom stereocenters. The lowest BCUT2D eigenvalue weighted by Gasteiger charge is -2.32. The molecule has 0 radical (unpaired) electrons. The molecular weight excluding hydrogens is 717 g/mol. The van der Waals surface area contributed by atoms with Crippen LogP contribution in [0.2, 0.25) is 0 Å². The first-order chi connectivity index (χ1) is 28.3. The lowest BCUT2D eigenvalue weighted by atomic mass is 9.98. The summed E-state index contributed by atoms with van der Waals surface area (Å²) >= 11 is 1.85. The highest BCUT2D eigenvalue weighted by Gasteiger charge is 2.28. The van der Waals surface area contributed by atoms with Crippen LogP contribution in [0.1, 0.15) is 29.0 Å². The van der Waals surface area contributed by atoms with Crippen molar-refractivity contribution in [2.45, 2.75) is 12.3 Å². The fourth-order valence-electron chi connectivity index (χ4n) is 9.00. The summed E-state index contributed by atoms with van der Waals surface area (Å²) < 4.78 is 11.8. The normalized spacial score (nSPS) is 15.9. The Bertz CT molecular complexity index is 3320. The van der Waals surface area contributed by atoms with Crippen molar-refractivity contribution in [1.82, 2.24) is 15.2 Å². The maximum absolute atomic E-state index is 6.90. The van der Waals surface area contributed by atoms with Crippen LogP contribution in [0.4, 0.5) is 0 Å². The number of aliphatic imine (C=N–C) groups is 1. The van der Waals surface area contributed by atoms with E-state index in [2.05, 4.69) is 191 Å². The summed E-state index contributed by atoms with van der Waals surface area (Å²) in [4.78, 5) is 5.30. The number of hydrogen-bond acceptors (Lipinski definition) is 5. The summed E-state index contributed by atoms with van der Waals surface area (Å²) in [6, 6.07) is 64.7. The number of hydrogen-bond donors (Lipinski definition) is 2. The predicted octanol–water partition coefficient (Wildman–Crippen LogP) is 13.1. The first-order valence-electron chi connectivity index (χ1n) is 19.4. The average molecular weight is 751 g/mol. The zero-order chi connectivity index (χ0) is 37.5. The minimum absolute atomic E-state index is 0.133. The van der Waals surface area contributed by atoms with Gasteiger partial charge in [0.25, 0.3) is 0 Å². The Balaban J connectivity index is 1.04. The molecule has 8 aromatic carbocycles. The molecule has 0 fully saturated rings. The summed E-state index contributed by atoms with van der Waals surface area (Å²) in [5.74, 6) is 0.857. The number of nitrogens with zero attached hydrogens (tertiary/aromatic N) is 2. The highest BCUT2D eigenvalue weighted by Crippen LogP contribution is 2.47. The van der Waals surface area contributed by atoms with E-state index in [0.29, 0.717) is 0 Å². The van der Waals surface area contributed by atoms with Gasteiger partial charge in [-0.05, 0) is 35.9 Å². The SMILES string of the molecule is c1ccc(C2=NC(c3cccc4oc5c(-c6cccc7c6sc6cccc(-n8c9ccccc9c9ccccc98)c67)cccc5c34)NC(c3ccccc3)N2)cc1. The molecule has 0 spiro atoms. The van der Waals surface area contributed by atoms with Gasteiger partial charge in [0.2, 0.25) is 0 Å². The highest BCUT2D eigenvalue weighted by atomic mass is 32.1. The lowest BCUT2D eigenvalue weighted by Crippen LogP contribution is -2.44. The monoisotopic (exact) mass is 750 g/mol. The van der Waals surface area contributed by atoms with Crippen LogP contribution >= 0.6 is 11.3 Å². The number of fused-ring (bicyclic) bond motifs is 9. The minimum atomic E-state index is -0.315. The van der Waals surface area contributed by atoms with Crippen LogP contribution in [0.3, 0.4) is 0 Å². The molecule has 2 unspecified atom stereocenters. The number of amidine groups is 1. The number of furan rings is 1. The molecule has 5 nitrogen and oxygen atoms in total. The van der Waals surface area contributed by atoms with Crippen molar-refractivity contribution >= 4 is 81.1 Å². The summed E-state index contributed by atoms with van der Waals surface area (Å²) in [5.41, 5.74) is 10.9. The first kappa shape index (κ1) is 32.3. The molecular formula is C51H34N4OS. The van der Waals surface area contributed by atoms with E-state index in [9.17, 15) is 0 Å². The molecule has 4 heterocycles. The standard InChI is InChI=1S/C51H34N4OS/c1-3-15-31(16-4-1)49-52-50(32-17-5-2-6-18-32)54-51(53-49)39-25-13-29-43-45(39)37-23-11-21-35(47(37)56-43)36-22-12-24-38-46-42(28-14-30-44(46)57-48(36)38)55-40-26-9-7-19-33(40)34-20-8-10-27-41(34)55/h1-30,49,51,53H,(H,52,54). The molecule has 12 rings (SSSR count). The number of benzene rings is 8. The quantitative estimate of drug-likeness (QED) is 0.184. The molecule has 1 aliphatic rings. The van der Waals surface area contributed by atoms with Gasteiger partial charge in [0.1, 0.15) is 29.3 Å². The van der Waals surface area contributed by atoms with Crippen LogP contribution in [0.25, 0.3) is 80.7 Å². The van der Waals surface area contributed by atoms with Crippen LogP contribution < -0.4 is 10.6 Å². The minimum Gasteiger partial charge on any atom is -0.455 e. The van der Waals surface area contributed by atoms with Crippen LogP contribution in [-0.2, 0) is 0 Å². The van der Waals surface area contributed by atoms with Gasteiger partial charge in [-0.3, -0.25) is 5.32 Å². The maximum Gasteiger partial charge on any atom is 0.143 e. The molecule has 270 valence electrons. The van der Waals surface area contributed by atoms with E-state index in [1.807, 2.05) is 17.4 Å². The van der Waals surface area contributed by atoms with E-state index in [0.717, 1.165) is 50.0 Å². The third-order valence-corrected chi connectivity index (χ3v) is 12.7. The number of aromatic nitrogens is 1. The Kier molecular flexibility index (Phi) is 7.24. The average Bonchev–Trinajstić information content (AvgIpc) is 3.97. The fourth-order valence-corrected chi connectivity index (χ4v) is 10.3. The molecule has 0 bridgehead atoms. The van der Waals surface area contributed by atoms with Crippen molar-refractivity contribution in [3.63, 3.8) is 0 Å². The van der Waals surface area contributed by atoms with Gasteiger partial charge >= 0.3 is 0 Å². The molecule has 2 N–H and O–H groups in total. The van der Waals surface area contributed by atoms with E-state index in [1.54, 1.807) is 0 Å². The molecule has 0 aliphatic carbocycles. The molecule has 57 heavy (non-hydrogen) atoms. The highest BCUT2D eigenvalue weighted by molar-refractivity contribution is 7.26. The van der Waals surface area contributed by atoms with Crippen molar-refractivity contribution < 1.29 is 4.42 Å². The second-order valence-electron chi connectivity index (χ2n) is 14.7. The van der Waals surface area contributed by atoms with E-state index < -0.39 is 0 Å². The van der Waals surface area contributed by atoms with E-state index in [4.69, 9.17) is 9.41 Å². The van der Waals surface area contributed by atoms with Gasteiger partial charge in [0.15, 0.2) is 0 Å². The van der Waals surface area contributed by atoms with Crippen LogP contribution in [0.15, 0.2) is 191 Å². The fraction of sp³-hybridized carbons (Fsp3) is 0.0392. The second kappa shape index (κ2) is 12.8. The summed E-state index contributed by atoms with van der Waals surface area (Å²) in [7, 11) is 0. The molecule has 0 saturated carbocycles. The van der Waals surface area contributed by atoms with Crippen molar-refractivity contribution in [2.75, 3.05) is 0 Å². The van der Waals surface area contributed by atoms with Crippen LogP contribution in [0.5, 0.6) is 0 Å². The topological polar surface area (TPSA) is 54.5 Å². The Morgan fingerprint density at radius 1 is 0.544 bits per heavy atom. The first-order valence-corrected chi connectivity index (χ1v) is 20.2. The van der Waals surface area contributed by atoms with Gasteiger partial charge in [-0.2, -0.15) is 0 Å². The van der Waals surface area contributed by atoms with Gasteiger partial charge in [-0.15, -0.1) is 11.3 Å². The molecule has 3 aromatic heterocycles. The largest absolute Gasteiger partial charge is 0.455 e. The van der Waals surface area contributed by atoms with Gasteiger partial charge in [0, 0.05) is 64.0 Å². The Morgan fingerprint density at radius 2 is 1.19 bits per heavy atom. The van der Waals surface area contributed by atoms with E-state index in [1.165, 1.54) is 53.2 Å². The van der Waals surface area contributed by atoms with Gasteiger partial charge in [-0.1, -0.05) is 152 Å². The Labute approximate surface area is 332 Å². The molecule has 0 saturated heterocycles. The maximum atomic E-state index is 6.90. The van der Waals surface area contributed by atoms with Crippen molar-refractivity contribution in [2.24, 2.45) is 4.99 Å². The van der Waals surface area contributed by atoms with Gasteiger partial charge < -0.3 is 14.3 Å². The zero-order valence-electron chi connectivity index (χ0n) is 30.7. The number of nitrogens with one attached hydrogen (secondary N) is 2. The summed E-state index contributed by atoms with van der Waals surface area (Å²) in [6.45, 7) is 0. The Morgan fingerprint density at radius 3 is 1.98 bits per heavy atom. The smallest absolute Gasteiger partial charge is 0.143 e. The van der Waals surface area contributed by atoms with Crippen LogP contribution in [-0.4, -0.2) is 10.4 Å². The summed E-state index contributed by atoms with van der Waals surface area (Å²) in [6.07, 6.45) is -0.448. The van der Waals surface area contributed by atoms with Crippen molar-refractivity contribution in [3.8, 4) is 16.8 Å². The third-order valence-electron chi connectivity index (χ3n) is 11.5. The Hall–Kier alpha value is -6.99. The lowest BCUT2D eigenvalue weighted by molar-refractivity contribution is 0.410. The van der Waals surface area contributed by atoms with Crippen molar-refractivity contribution in [1.29, 1.82) is 0 Å².